The lowest BCUT2D eigenvalue weighted by Crippen LogP contribution is -2.07. The van der Waals surface area contributed by atoms with Crippen LogP contribution in [0.2, 0.25) is 0 Å². The maximum absolute atomic E-state index is 5.64. The van der Waals surface area contributed by atoms with E-state index in [9.17, 15) is 0 Å². The fourth-order valence-corrected chi connectivity index (χ4v) is 1.40. The van der Waals surface area contributed by atoms with E-state index in [0.29, 0.717) is 11.9 Å². The maximum Gasteiger partial charge on any atom is 0.315 e. The van der Waals surface area contributed by atoms with Gasteiger partial charge in [-0.05, 0) is 31.5 Å². The third-order valence-corrected chi connectivity index (χ3v) is 2.38. The Morgan fingerprint density at radius 1 is 1.24 bits per heavy atom. The van der Waals surface area contributed by atoms with Gasteiger partial charge in [0.2, 0.25) is 5.89 Å². The fraction of sp³-hybridized carbons (Fsp3) is 0.364. The minimum Gasteiger partial charge on any atom is -0.406 e. The third kappa shape index (κ3) is 2.79. The SMILES string of the molecule is CC(N)c1nnc(NC(C)c2ccncc2)o1. The molecule has 2 aromatic heterocycles. The van der Waals surface area contributed by atoms with Gasteiger partial charge >= 0.3 is 6.01 Å². The standard InChI is InChI=1S/C11H15N5O/c1-7(12)10-15-16-11(17-10)14-8(2)9-3-5-13-6-4-9/h3-8H,12H2,1-2H3,(H,14,16). The van der Waals surface area contributed by atoms with Gasteiger partial charge < -0.3 is 15.5 Å². The first kappa shape index (κ1) is 11.5. The predicted molar refractivity (Wildman–Crippen MR) is 63.2 cm³/mol. The first-order chi connectivity index (χ1) is 8.16. The van der Waals surface area contributed by atoms with Crippen molar-refractivity contribution in [2.45, 2.75) is 25.9 Å². The number of hydrogen-bond donors (Lipinski definition) is 2. The molecule has 2 heterocycles. The summed E-state index contributed by atoms with van der Waals surface area (Å²) in [4.78, 5) is 3.97. The molecule has 17 heavy (non-hydrogen) atoms. The second kappa shape index (κ2) is 4.92. The van der Waals surface area contributed by atoms with E-state index in [-0.39, 0.29) is 12.1 Å². The molecule has 6 heteroatoms. The zero-order valence-electron chi connectivity index (χ0n) is 9.79. The molecule has 2 rings (SSSR count). The van der Waals surface area contributed by atoms with Gasteiger partial charge in [-0.15, -0.1) is 5.10 Å². The molecule has 3 N–H and O–H groups in total. The van der Waals surface area contributed by atoms with Gasteiger partial charge in [-0.1, -0.05) is 5.10 Å². The fourth-order valence-electron chi connectivity index (χ4n) is 1.40. The van der Waals surface area contributed by atoms with Crippen LogP contribution in [-0.4, -0.2) is 15.2 Å². The Morgan fingerprint density at radius 2 is 1.94 bits per heavy atom. The van der Waals surface area contributed by atoms with Crippen molar-refractivity contribution < 1.29 is 4.42 Å². The van der Waals surface area contributed by atoms with E-state index in [2.05, 4.69) is 20.5 Å². The van der Waals surface area contributed by atoms with Crippen molar-refractivity contribution >= 4 is 6.01 Å². The first-order valence-corrected chi connectivity index (χ1v) is 5.42. The van der Waals surface area contributed by atoms with E-state index < -0.39 is 0 Å². The molecule has 0 amide bonds. The third-order valence-electron chi connectivity index (χ3n) is 2.38. The van der Waals surface area contributed by atoms with Crippen LogP contribution in [0, 0.1) is 0 Å². The molecule has 2 unspecified atom stereocenters. The second-order valence-electron chi connectivity index (χ2n) is 3.88. The number of nitrogens with one attached hydrogen (secondary N) is 1. The van der Waals surface area contributed by atoms with E-state index in [1.54, 1.807) is 19.3 Å². The Kier molecular flexibility index (Phi) is 3.34. The van der Waals surface area contributed by atoms with Crippen LogP contribution in [0.4, 0.5) is 6.01 Å². The smallest absolute Gasteiger partial charge is 0.315 e. The van der Waals surface area contributed by atoms with E-state index in [0.717, 1.165) is 5.56 Å². The normalized spacial score (nSPS) is 14.3. The molecule has 0 aliphatic heterocycles. The summed E-state index contributed by atoms with van der Waals surface area (Å²) in [5.74, 6) is 0.425. The zero-order valence-corrected chi connectivity index (χ0v) is 9.79. The number of rotatable bonds is 4. The molecule has 2 atom stereocenters. The summed E-state index contributed by atoms with van der Waals surface area (Å²) in [5.41, 5.74) is 6.73. The summed E-state index contributed by atoms with van der Waals surface area (Å²) in [7, 11) is 0. The average Bonchev–Trinajstić information content (AvgIpc) is 2.79. The summed E-state index contributed by atoms with van der Waals surface area (Å²) in [6.45, 7) is 3.80. The highest BCUT2D eigenvalue weighted by Crippen LogP contribution is 2.18. The topological polar surface area (TPSA) is 89.9 Å². The molecule has 6 nitrogen and oxygen atoms in total. The Balaban J connectivity index is 2.05. The number of anilines is 1. The second-order valence-corrected chi connectivity index (χ2v) is 3.88. The quantitative estimate of drug-likeness (QED) is 0.834. The minimum atomic E-state index is -0.255. The molecule has 0 aromatic carbocycles. The highest BCUT2D eigenvalue weighted by molar-refractivity contribution is 5.27. The summed E-state index contributed by atoms with van der Waals surface area (Å²) >= 11 is 0. The van der Waals surface area contributed by atoms with E-state index in [4.69, 9.17) is 10.2 Å². The molecule has 0 aliphatic carbocycles. The van der Waals surface area contributed by atoms with Crippen molar-refractivity contribution in [1.82, 2.24) is 15.2 Å². The van der Waals surface area contributed by atoms with Crippen molar-refractivity contribution in [3.63, 3.8) is 0 Å². The molecule has 0 saturated heterocycles. The van der Waals surface area contributed by atoms with Gasteiger partial charge in [-0.2, -0.15) is 0 Å². The summed E-state index contributed by atoms with van der Waals surface area (Å²) < 4.78 is 5.36. The molecule has 90 valence electrons. The zero-order chi connectivity index (χ0) is 12.3. The van der Waals surface area contributed by atoms with Crippen LogP contribution in [-0.2, 0) is 0 Å². The van der Waals surface area contributed by atoms with Crippen molar-refractivity contribution in [2.75, 3.05) is 5.32 Å². The van der Waals surface area contributed by atoms with Crippen LogP contribution in [0.25, 0.3) is 0 Å². The number of pyridine rings is 1. The molecule has 0 radical (unpaired) electrons. The van der Waals surface area contributed by atoms with Crippen LogP contribution in [0.1, 0.15) is 37.4 Å². The molecule has 0 bridgehead atoms. The minimum absolute atomic E-state index is 0.0689. The lowest BCUT2D eigenvalue weighted by Gasteiger charge is -2.11. The van der Waals surface area contributed by atoms with Crippen LogP contribution in [0.3, 0.4) is 0 Å². The number of nitrogens with two attached hydrogens (primary N) is 1. The molecule has 2 aromatic rings. The number of hydrogen-bond acceptors (Lipinski definition) is 6. The number of nitrogens with zero attached hydrogens (tertiary/aromatic N) is 3. The lowest BCUT2D eigenvalue weighted by molar-refractivity contribution is 0.470. The highest BCUT2D eigenvalue weighted by atomic mass is 16.4. The van der Waals surface area contributed by atoms with Crippen LogP contribution in [0.15, 0.2) is 28.9 Å². The van der Waals surface area contributed by atoms with Crippen molar-refractivity contribution in [1.29, 1.82) is 0 Å². The van der Waals surface area contributed by atoms with Gasteiger partial charge in [0.25, 0.3) is 0 Å². The van der Waals surface area contributed by atoms with Gasteiger partial charge in [-0.3, -0.25) is 4.98 Å². The van der Waals surface area contributed by atoms with Gasteiger partial charge in [0, 0.05) is 12.4 Å². The van der Waals surface area contributed by atoms with E-state index >= 15 is 0 Å². The molecule has 0 saturated carbocycles. The molecular weight excluding hydrogens is 218 g/mol. The average molecular weight is 233 g/mol. The molecular formula is C11H15N5O. The van der Waals surface area contributed by atoms with Crippen molar-refractivity contribution in [3.8, 4) is 0 Å². The Bertz CT molecular complexity index is 468. The van der Waals surface area contributed by atoms with E-state index in [1.165, 1.54) is 0 Å². The monoisotopic (exact) mass is 233 g/mol. The van der Waals surface area contributed by atoms with Gasteiger partial charge in [0.1, 0.15) is 0 Å². The van der Waals surface area contributed by atoms with Gasteiger partial charge in [0.05, 0.1) is 12.1 Å². The van der Waals surface area contributed by atoms with Crippen molar-refractivity contribution in [3.05, 3.63) is 36.0 Å². The van der Waals surface area contributed by atoms with Crippen molar-refractivity contribution in [2.24, 2.45) is 5.73 Å². The molecule has 0 fully saturated rings. The largest absolute Gasteiger partial charge is 0.406 e. The van der Waals surface area contributed by atoms with Crippen LogP contribution < -0.4 is 11.1 Å². The lowest BCUT2D eigenvalue weighted by atomic mass is 10.1. The van der Waals surface area contributed by atoms with Crippen LogP contribution >= 0.6 is 0 Å². The first-order valence-electron chi connectivity index (χ1n) is 5.42. The summed E-state index contributed by atoms with van der Waals surface area (Å²) in [6.07, 6.45) is 3.49. The Morgan fingerprint density at radius 3 is 2.53 bits per heavy atom. The predicted octanol–water partition coefficient (Wildman–Crippen LogP) is 1.66. The highest BCUT2D eigenvalue weighted by Gasteiger charge is 2.12. The summed E-state index contributed by atoms with van der Waals surface area (Å²) in [5, 5.41) is 10.8. The molecule has 0 spiro atoms. The molecule has 0 aliphatic rings. The van der Waals surface area contributed by atoms with Crippen LogP contribution in [0.5, 0.6) is 0 Å². The number of aromatic nitrogens is 3. The Hall–Kier alpha value is -1.95. The summed E-state index contributed by atoms with van der Waals surface area (Å²) in [6, 6.07) is 4.05. The Labute approximate surface area is 99.3 Å². The van der Waals surface area contributed by atoms with Gasteiger partial charge in [0.15, 0.2) is 0 Å². The maximum atomic E-state index is 5.64. The van der Waals surface area contributed by atoms with Gasteiger partial charge in [-0.25, -0.2) is 0 Å². The van der Waals surface area contributed by atoms with E-state index in [1.807, 2.05) is 19.1 Å².